The summed E-state index contributed by atoms with van der Waals surface area (Å²) in [5, 5.41) is 19.6. The molecule has 0 unspecified atom stereocenters. The first kappa shape index (κ1) is 28.0. The molecule has 36 heavy (non-hydrogen) atoms. The van der Waals surface area contributed by atoms with Crippen LogP contribution in [-0.4, -0.2) is 51.6 Å². The average molecular weight is 520 g/mol. The van der Waals surface area contributed by atoms with E-state index in [1.807, 2.05) is 25.1 Å². The highest BCUT2D eigenvalue weighted by atomic mass is 32.1. The number of aliphatic hydroxyl groups is 1. The van der Waals surface area contributed by atoms with Gasteiger partial charge >= 0.3 is 11.9 Å². The number of carbonyl (C=O) groups is 2. The fourth-order valence-electron chi connectivity index (χ4n) is 4.53. The molecule has 0 spiro atoms. The Hall–Kier alpha value is -2.58. The highest BCUT2D eigenvalue weighted by molar-refractivity contribution is 7.13. The van der Waals surface area contributed by atoms with Crippen molar-refractivity contribution in [2.24, 2.45) is 5.92 Å². The second kappa shape index (κ2) is 13.1. The maximum absolute atomic E-state index is 14.2. The van der Waals surface area contributed by atoms with Gasteiger partial charge in [-0.15, -0.1) is 11.3 Å². The first-order valence-corrected chi connectivity index (χ1v) is 13.4. The van der Waals surface area contributed by atoms with Crippen molar-refractivity contribution in [1.82, 2.24) is 4.90 Å². The SMILES string of the molecule is C[C@H](CCCCCc1ccccc1)[C@@H](O)C=C[C@H]1CC(F)(F)C(=O)N1CCCc1ccc(C(=O)O)s1. The molecule has 3 rings (SSSR count). The molecule has 1 amide bonds. The highest BCUT2D eigenvalue weighted by Gasteiger charge is 2.52. The zero-order chi connectivity index (χ0) is 26.1. The minimum absolute atomic E-state index is 0.00806. The maximum atomic E-state index is 14.2. The molecule has 1 aliphatic heterocycles. The van der Waals surface area contributed by atoms with Gasteiger partial charge in [0.1, 0.15) is 4.88 Å². The molecule has 8 heteroatoms. The summed E-state index contributed by atoms with van der Waals surface area (Å²) in [4.78, 5) is 25.5. The van der Waals surface area contributed by atoms with Crippen molar-refractivity contribution in [2.45, 2.75) is 76.4 Å². The molecule has 196 valence electrons. The number of hydrogen-bond donors (Lipinski definition) is 2. The van der Waals surface area contributed by atoms with Gasteiger partial charge in [-0.3, -0.25) is 4.79 Å². The number of hydrogen-bond acceptors (Lipinski definition) is 4. The van der Waals surface area contributed by atoms with Crippen LogP contribution in [0.3, 0.4) is 0 Å². The molecule has 1 fully saturated rings. The molecule has 1 aromatic carbocycles. The minimum Gasteiger partial charge on any atom is -0.477 e. The number of aryl methyl sites for hydroxylation is 2. The Labute approximate surface area is 215 Å². The van der Waals surface area contributed by atoms with E-state index >= 15 is 0 Å². The van der Waals surface area contributed by atoms with Gasteiger partial charge in [0.15, 0.2) is 0 Å². The molecule has 1 aromatic heterocycles. The Morgan fingerprint density at radius 2 is 1.89 bits per heavy atom. The number of carbonyl (C=O) groups excluding carboxylic acids is 1. The number of rotatable bonds is 14. The lowest BCUT2D eigenvalue weighted by Crippen LogP contribution is -2.36. The van der Waals surface area contributed by atoms with Crippen LogP contribution in [0.15, 0.2) is 54.6 Å². The summed E-state index contributed by atoms with van der Waals surface area (Å²) in [6, 6.07) is 12.8. The van der Waals surface area contributed by atoms with Crippen LogP contribution in [0.4, 0.5) is 8.78 Å². The molecule has 2 aromatic rings. The van der Waals surface area contributed by atoms with Crippen LogP contribution < -0.4 is 0 Å². The van der Waals surface area contributed by atoms with E-state index in [1.54, 1.807) is 18.2 Å². The molecule has 0 aliphatic carbocycles. The number of carboxylic acids is 1. The quantitative estimate of drug-likeness (QED) is 0.238. The van der Waals surface area contributed by atoms with Crippen LogP contribution in [0, 0.1) is 5.92 Å². The van der Waals surface area contributed by atoms with Crippen LogP contribution in [-0.2, 0) is 17.6 Å². The smallest absolute Gasteiger partial charge is 0.345 e. The lowest BCUT2D eigenvalue weighted by molar-refractivity contribution is -0.148. The number of alkyl halides is 2. The average Bonchev–Trinajstić information content (AvgIpc) is 3.41. The topological polar surface area (TPSA) is 77.8 Å². The molecule has 5 nitrogen and oxygen atoms in total. The predicted molar refractivity (Wildman–Crippen MR) is 138 cm³/mol. The fraction of sp³-hybridized carbons (Fsp3) is 0.500. The third-order valence-electron chi connectivity index (χ3n) is 6.72. The molecule has 2 heterocycles. The number of likely N-dealkylation sites (tertiary alicyclic amines) is 1. The van der Waals surface area contributed by atoms with Gasteiger partial charge in [0.05, 0.1) is 12.1 Å². The second-order valence-corrected chi connectivity index (χ2v) is 10.8. The van der Waals surface area contributed by atoms with E-state index in [2.05, 4.69) is 12.1 Å². The molecule has 0 radical (unpaired) electrons. The molecule has 0 bridgehead atoms. The number of unbranched alkanes of at least 4 members (excludes halogenated alkanes) is 2. The van der Waals surface area contributed by atoms with E-state index in [0.29, 0.717) is 12.8 Å². The van der Waals surface area contributed by atoms with E-state index in [4.69, 9.17) is 5.11 Å². The van der Waals surface area contributed by atoms with E-state index in [-0.39, 0.29) is 17.3 Å². The zero-order valence-corrected chi connectivity index (χ0v) is 21.4. The normalized spacial score (nSPS) is 19.2. The fourth-order valence-corrected chi connectivity index (χ4v) is 5.42. The van der Waals surface area contributed by atoms with Gasteiger partial charge in [-0.2, -0.15) is 8.78 Å². The van der Waals surface area contributed by atoms with Crippen molar-refractivity contribution < 1.29 is 28.6 Å². The largest absolute Gasteiger partial charge is 0.477 e. The van der Waals surface area contributed by atoms with E-state index in [1.165, 1.54) is 16.5 Å². The lowest BCUT2D eigenvalue weighted by Gasteiger charge is -2.22. The summed E-state index contributed by atoms with van der Waals surface area (Å²) in [5.74, 6) is -5.60. The van der Waals surface area contributed by atoms with E-state index < -0.39 is 36.4 Å². The van der Waals surface area contributed by atoms with Gasteiger partial charge in [0, 0.05) is 17.8 Å². The predicted octanol–water partition coefficient (Wildman–Crippen LogP) is 5.97. The summed E-state index contributed by atoms with van der Waals surface area (Å²) >= 11 is 1.15. The van der Waals surface area contributed by atoms with Gasteiger partial charge in [-0.05, 0) is 55.7 Å². The standard InChI is InChI=1S/C28H35F2NO4S/c1-20(9-4-2-5-10-21-11-6-3-7-12-21)24(32)16-14-22-19-28(29,30)27(35)31(22)18-8-13-23-15-17-25(36-23)26(33)34/h3,6-7,11-12,14-17,20,22,24,32H,2,4-5,8-10,13,18-19H2,1H3,(H,33,34)/t20-,22+,24+/m1/s1. The second-order valence-electron chi connectivity index (χ2n) is 9.59. The number of thiophene rings is 1. The van der Waals surface area contributed by atoms with Crippen molar-refractivity contribution in [3.05, 3.63) is 69.9 Å². The van der Waals surface area contributed by atoms with Crippen LogP contribution in [0.5, 0.6) is 0 Å². The summed E-state index contributed by atoms with van der Waals surface area (Å²) in [5.41, 5.74) is 1.32. The van der Waals surface area contributed by atoms with Crippen molar-refractivity contribution in [1.29, 1.82) is 0 Å². The van der Waals surface area contributed by atoms with Crippen LogP contribution in [0.25, 0.3) is 0 Å². The zero-order valence-electron chi connectivity index (χ0n) is 20.6. The van der Waals surface area contributed by atoms with Crippen LogP contribution in [0.2, 0.25) is 0 Å². The Morgan fingerprint density at radius 3 is 2.58 bits per heavy atom. The molecule has 3 atom stereocenters. The number of benzene rings is 1. The van der Waals surface area contributed by atoms with Gasteiger partial charge in [0.2, 0.25) is 0 Å². The van der Waals surface area contributed by atoms with Crippen molar-refractivity contribution in [2.75, 3.05) is 6.54 Å². The number of amides is 1. The molecule has 1 saturated heterocycles. The van der Waals surface area contributed by atoms with Crippen LogP contribution in [0.1, 0.15) is 65.6 Å². The Balaban J connectivity index is 1.44. The van der Waals surface area contributed by atoms with Gasteiger partial charge in [0.25, 0.3) is 5.91 Å². The Morgan fingerprint density at radius 1 is 1.14 bits per heavy atom. The third kappa shape index (κ3) is 7.96. The monoisotopic (exact) mass is 519 g/mol. The Kier molecular flexibility index (Phi) is 10.2. The molecule has 2 N–H and O–H groups in total. The van der Waals surface area contributed by atoms with E-state index in [0.717, 1.165) is 48.3 Å². The molecular weight excluding hydrogens is 484 g/mol. The number of nitrogens with zero attached hydrogens (tertiary/aromatic N) is 1. The van der Waals surface area contributed by atoms with Crippen molar-refractivity contribution in [3.8, 4) is 0 Å². The van der Waals surface area contributed by atoms with Crippen molar-refractivity contribution >= 4 is 23.2 Å². The first-order chi connectivity index (χ1) is 17.2. The summed E-state index contributed by atoms with van der Waals surface area (Å²) in [6.07, 6.45) is 7.70. The summed E-state index contributed by atoms with van der Waals surface area (Å²) in [6.45, 7) is 2.10. The van der Waals surface area contributed by atoms with Gasteiger partial charge in [-0.1, -0.05) is 62.2 Å². The Bertz CT molecular complexity index is 1020. The lowest BCUT2D eigenvalue weighted by atomic mass is 9.95. The number of carboxylic acid groups (broad SMARTS) is 1. The van der Waals surface area contributed by atoms with Gasteiger partial charge < -0.3 is 15.1 Å². The summed E-state index contributed by atoms with van der Waals surface area (Å²) < 4.78 is 28.3. The molecular formula is C28H35F2NO4S. The van der Waals surface area contributed by atoms with Gasteiger partial charge in [-0.25, -0.2) is 4.79 Å². The third-order valence-corrected chi connectivity index (χ3v) is 7.85. The summed E-state index contributed by atoms with van der Waals surface area (Å²) in [7, 11) is 0. The van der Waals surface area contributed by atoms with Crippen molar-refractivity contribution in [3.63, 3.8) is 0 Å². The first-order valence-electron chi connectivity index (χ1n) is 12.6. The maximum Gasteiger partial charge on any atom is 0.345 e. The highest BCUT2D eigenvalue weighted by Crippen LogP contribution is 2.34. The number of halogens is 2. The van der Waals surface area contributed by atoms with E-state index in [9.17, 15) is 23.5 Å². The van der Waals surface area contributed by atoms with Crippen LogP contribution >= 0.6 is 11.3 Å². The number of aliphatic hydroxyl groups excluding tert-OH is 1. The molecule has 1 aliphatic rings. The molecule has 0 saturated carbocycles. The minimum atomic E-state index is -3.41. The number of aromatic carboxylic acids is 1.